The predicted octanol–water partition coefficient (Wildman–Crippen LogP) is 1.41. The lowest BCUT2D eigenvalue weighted by molar-refractivity contribution is -0.134. The van der Waals surface area contributed by atoms with E-state index in [1.54, 1.807) is 13.2 Å². The maximum absolute atomic E-state index is 11.9. The summed E-state index contributed by atoms with van der Waals surface area (Å²) in [6.07, 6.45) is 3.17. The van der Waals surface area contributed by atoms with E-state index in [0.29, 0.717) is 13.0 Å². The van der Waals surface area contributed by atoms with Gasteiger partial charge in [0.25, 0.3) is 0 Å². The van der Waals surface area contributed by atoms with Crippen molar-refractivity contribution in [2.75, 3.05) is 27.4 Å². The summed E-state index contributed by atoms with van der Waals surface area (Å²) >= 11 is 0. The Bertz CT molecular complexity index is 582. The normalized spacial score (nSPS) is 16.0. The molecular formula is C16H19NO5. The molecule has 0 saturated carbocycles. The molecule has 1 N–H and O–H groups in total. The zero-order valence-corrected chi connectivity index (χ0v) is 12.6. The fraction of sp³-hybridized carbons (Fsp3) is 0.375. The van der Waals surface area contributed by atoms with Crippen molar-refractivity contribution in [3.05, 3.63) is 35.9 Å². The third kappa shape index (κ3) is 4.00. The summed E-state index contributed by atoms with van der Waals surface area (Å²) < 4.78 is 15.2. The van der Waals surface area contributed by atoms with Gasteiger partial charge in [0.15, 0.2) is 0 Å². The molecule has 0 saturated heterocycles. The van der Waals surface area contributed by atoms with Gasteiger partial charge in [-0.2, -0.15) is 0 Å². The van der Waals surface area contributed by atoms with Crippen LogP contribution in [-0.4, -0.2) is 39.2 Å². The number of ether oxygens (including phenoxy) is 3. The van der Waals surface area contributed by atoms with Crippen molar-refractivity contribution < 1.29 is 23.8 Å². The number of benzene rings is 1. The van der Waals surface area contributed by atoms with Crippen LogP contribution in [0.4, 0.5) is 0 Å². The van der Waals surface area contributed by atoms with E-state index >= 15 is 0 Å². The van der Waals surface area contributed by atoms with Gasteiger partial charge in [0.2, 0.25) is 5.91 Å². The summed E-state index contributed by atoms with van der Waals surface area (Å²) in [6, 6.07) is 5.61. The van der Waals surface area contributed by atoms with Crippen LogP contribution < -0.4 is 14.8 Å². The zero-order chi connectivity index (χ0) is 15.9. The molecule has 1 aromatic rings. The maximum atomic E-state index is 11.9. The number of esters is 1. The molecule has 1 unspecified atom stereocenters. The summed E-state index contributed by atoms with van der Waals surface area (Å²) in [5, 5.41) is 2.73. The summed E-state index contributed by atoms with van der Waals surface area (Å²) in [5.41, 5.74) is 1.01. The lowest BCUT2D eigenvalue weighted by Crippen LogP contribution is -2.25. The van der Waals surface area contributed by atoms with Gasteiger partial charge in [-0.25, -0.2) is 4.79 Å². The molecule has 0 aliphatic carbocycles. The third-order valence-electron chi connectivity index (χ3n) is 3.40. The van der Waals surface area contributed by atoms with E-state index in [4.69, 9.17) is 9.47 Å². The van der Waals surface area contributed by atoms with Crippen molar-refractivity contribution in [1.82, 2.24) is 5.32 Å². The second kappa shape index (κ2) is 7.49. The average molecular weight is 305 g/mol. The number of amides is 1. The van der Waals surface area contributed by atoms with E-state index in [9.17, 15) is 9.59 Å². The molecule has 1 heterocycles. The summed E-state index contributed by atoms with van der Waals surface area (Å²) in [4.78, 5) is 22.8. The van der Waals surface area contributed by atoms with E-state index in [1.807, 2.05) is 18.2 Å². The molecule has 0 radical (unpaired) electrons. The van der Waals surface area contributed by atoms with Crippen molar-refractivity contribution in [2.24, 2.45) is 0 Å². The fourth-order valence-electron chi connectivity index (χ4n) is 2.24. The van der Waals surface area contributed by atoms with Gasteiger partial charge < -0.3 is 19.5 Å². The minimum Gasteiger partial charge on any atom is -0.497 e. The number of methoxy groups -OCH3 is 2. The number of carbonyl (C=O) groups excluding carboxylic acids is 2. The van der Waals surface area contributed by atoms with Crippen LogP contribution in [0, 0.1) is 0 Å². The molecule has 0 bridgehead atoms. The highest BCUT2D eigenvalue weighted by Gasteiger charge is 2.26. The second-order valence-corrected chi connectivity index (χ2v) is 4.85. The summed E-state index contributed by atoms with van der Waals surface area (Å²) in [7, 11) is 2.90. The van der Waals surface area contributed by atoms with Crippen LogP contribution in [0.25, 0.3) is 0 Å². The van der Waals surface area contributed by atoms with Crippen LogP contribution in [-0.2, 0) is 14.3 Å². The van der Waals surface area contributed by atoms with Crippen molar-refractivity contribution in [1.29, 1.82) is 0 Å². The lowest BCUT2D eigenvalue weighted by atomic mass is 9.97. The quantitative estimate of drug-likeness (QED) is 0.635. The smallest absolute Gasteiger partial charge is 0.330 e. The Labute approximate surface area is 129 Å². The monoisotopic (exact) mass is 305 g/mol. The molecular weight excluding hydrogens is 286 g/mol. The van der Waals surface area contributed by atoms with Crippen molar-refractivity contribution in [3.8, 4) is 11.5 Å². The topological polar surface area (TPSA) is 73.9 Å². The Morgan fingerprint density at radius 1 is 1.41 bits per heavy atom. The number of carbonyl (C=O) groups is 2. The van der Waals surface area contributed by atoms with Gasteiger partial charge in [0.1, 0.15) is 11.5 Å². The van der Waals surface area contributed by atoms with Gasteiger partial charge in [0, 0.05) is 36.6 Å². The van der Waals surface area contributed by atoms with Crippen LogP contribution in [0.3, 0.4) is 0 Å². The first-order chi connectivity index (χ1) is 10.6. The van der Waals surface area contributed by atoms with E-state index < -0.39 is 5.97 Å². The van der Waals surface area contributed by atoms with Crippen molar-refractivity contribution >= 4 is 11.9 Å². The van der Waals surface area contributed by atoms with E-state index in [0.717, 1.165) is 17.1 Å². The van der Waals surface area contributed by atoms with Crippen molar-refractivity contribution in [3.63, 3.8) is 0 Å². The standard InChI is InChI=1S/C16H19NO5/c1-20-12-5-6-13-11(10-22-14(13)9-12)8-15(18)17-7-3-4-16(19)21-2/h3-6,9,11H,7-8,10H2,1-2H3,(H,17,18)/b4-3+. The van der Waals surface area contributed by atoms with E-state index in [-0.39, 0.29) is 18.4 Å². The first kappa shape index (κ1) is 15.9. The number of hydrogen-bond acceptors (Lipinski definition) is 5. The lowest BCUT2D eigenvalue weighted by Gasteiger charge is -2.09. The number of hydrogen-bond donors (Lipinski definition) is 1. The first-order valence-electron chi connectivity index (χ1n) is 6.96. The maximum Gasteiger partial charge on any atom is 0.330 e. The second-order valence-electron chi connectivity index (χ2n) is 4.85. The van der Waals surface area contributed by atoms with Crippen LogP contribution in [0.2, 0.25) is 0 Å². The van der Waals surface area contributed by atoms with Gasteiger partial charge in [-0.1, -0.05) is 12.1 Å². The largest absolute Gasteiger partial charge is 0.497 e. The fourth-order valence-corrected chi connectivity index (χ4v) is 2.24. The molecule has 0 spiro atoms. The summed E-state index contributed by atoms with van der Waals surface area (Å²) in [6.45, 7) is 0.769. The highest BCUT2D eigenvalue weighted by Crippen LogP contribution is 2.38. The SMILES string of the molecule is COC(=O)/C=C/CNC(=O)CC1COc2cc(OC)ccc21. The number of fused-ring (bicyclic) bond motifs is 1. The predicted molar refractivity (Wildman–Crippen MR) is 80.0 cm³/mol. The molecule has 1 atom stereocenters. The highest BCUT2D eigenvalue weighted by atomic mass is 16.5. The van der Waals surface area contributed by atoms with E-state index in [1.165, 1.54) is 13.2 Å². The molecule has 118 valence electrons. The average Bonchev–Trinajstić information content (AvgIpc) is 2.93. The first-order valence-corrected chi connectivity index (χ1v) is 6.96. The van der Waals surface area contributed by atoms with Gasteiger partial charge in [-0.3, -0.25) is 4.79 Å². The van der Waals surface area contributed by atoms with Crippen LogP contribution in [0.5, 0.6) is 11.5 Å². The molecule has 2 rings (SSSR count). The van der Waals surface area contributed by atoms with Crippen LogP contribution in [0.15, 0.2) is 30.4 Å². The Hall–Kier alpha value is -2.50. The van der Waals surface area contributed by atoms with Crippen LogP contribution >= 0.6 is 0 Å². The Morgan fingerprint density at radius 3 is 2.95 bits per heavy atom. The Morgan fingerprint density at radius 2 is 2.23 bits per heavy atom. The number of nitrogens with one attached hydrogen (secondary N) is 1. The Balaban J connectivity index is 1.84. The molecule has 1 aliphatic rings. The molecule has 1 amide bonds. The van der Waals surface area contributed by atoms with Gasteiger partial charge in [0.05, 0.1) is 20.8 Å². The third-order valence-corrected chi connectivity index (χ3v) is 3.40. The highest BCUT2D eigenvalue weighted by molar-refractivity contribution is 5.82. The molecule has 22 heavy (non-hydrogen) atoms. The minimum atomic E-state index is -0.443. The molecule has 1 aliphatic heterocycles. The van der Waals surface area contributed by atoms with E-state index in [2.05, 4.69) is 10.1 Å². The Kier molecular flexibility index (Phi) is 5.41. The molecule has 0 fully saturated rings. The number of rotatable bonds is 6. The minimum absolute atomic E-state index is 0.0329. The molecule has 6 heteroatoms. The van der Waals surface area contributed by atoms with Gasteiger partial charge in [-0.15, -0.1) is 0 Å². The van der Waals surface area contributed by atoms with Gasteiger partial charge in [-0.05, 0) is 6.07 Å². The summed E-state index contributed by atoms with van der Waals surface area (Å²) in [5.74, 6) is 0.998. The van der Waals surface area contributed by atoms with Crippen molar-refractivity contribution in [2.45, 2.75) is 12.3 Å². The zero-order valence-electron chi connectivity index (χ0n) is 12.6. The molecule has 0 aromatic heterocycles. The molecule has 6 nitrogen and oxygen atoms in total. The van der Waals surface area contributed by atoms with Gasteiger partial charge >= 0.3 is 5.97 Å². The molecule has 1 aromatic carbocycles. The van der Waals surface area contributed by atoms with Crippen LogP contribution in [0.1, 0.15) is 17.9 Å².